The lowest BCUT2D eigenvalue weighted by Crippen LogP contribution is -2.20. The maximum atomic E-state index is 13.3. The van der Waals surface area contributed by atoms with Crippen molar-refractivity contribution in [1.29, 1.82) is 0 Å². The molecule has 0 spiro atoms. The highest BCUT2D eigenvalue weighted by Gasteiger charge is 2.13. The van der Waals surface area contributed by atoms with Crippen molar-refractivity contribution < 1.29 is 22.3 Å². The molecule has 1 N–H and O–H groups in total. The van der Waals surface area contributed by atoms with Crippen molar-refractivity contribution in [3.05, 3.63) is 47.4 Å². The number of carbonyl (C=O) groups excluding carboxylic acids is 1. The topological polar surface area (TPSA) is 72.2 Å². The van der Waals surface area contributed by atoms with E-state index in [4.69, 9.17) is 4.52 Å². The SMILES string of the molecule is Cc1cc(C[S@@](=O)CC(=O)Nc2ccc(F)cc2F)on1. The molecule has 0 saturated heterocycles. The Morgan fingerprint density at radius 2 is 2.14 bits per heavy atom. The fraction of sp³-hybridized carbons (Fsp3) is 0.231. The molecule has 0 radical (unpaired) electrons. The van der Waals surface area contributed by atoms with E-state index in [9.17, 15) is 17.8 Å². The summed E-state index contributed by atoms with van der Waals surface area (Å²) in [6, 6.07) is 4.40. The van der Waals surface area contributed by atoms with Crippen LogP contribution >= 0.6 is 0 Å². The van der Waals surface area contributed by atoms with Gasteiger partial charge >= 0.3 is 0 Å². The van der Waals surface area contributed by atoms with Gasteiger partial charge in [0.2, 0.25) is 5.91 Å². The molecule has 1 amide bonds. The lowest BCUT2D eigenvalue weighted by molar-refractivity contribution is -0.113. The van der Waals surface area contributed by atoms with Crippen molar-refractivity contribution in [3.63, 3.8) is 0 Å². The Labute approximate surface area is 121 Å². The number of aromatic nitrogens is 1. The first kappa shape index (κ1) is 15.3. The van der Waals surface area contributed by atoms with Crippen LogP contribution in [0.25, 0.3) is 0 Å². The van der Waals surface area contributed by atoms with Crippen LogP contribution in [0.3, 0.4) is 0 Å². The Morgan fingerprint density at radius 1 is 1.38 bits per heavy atom. The number of hydrogen-bond acceptors (Lipinski definition) is 4. The Kier molecular flexibility index (Phi) is 4.79. The number of carbonyl (C=O) groups is 1. The molecule has 0 fully saturated rings. The summed E-state index contributed by atoms with van der Waals surface area (Å²) in [5, 5.41) is 5.88. The first-order valence-electron chi connectivity index (χ1n) is 5.96. The van der Waals surface area contributed by atoms with Gasteiger partial charge in [-0.05, 0) is 19.1 Å². The average molecular weight is 314 g/mol. The molecule has 8 heteroatoms. The second-order valence-electron chi connectivity index (χ2n) is 4.34. The van der Waals surface area contributed by atoms with E-state index in [1.165, 1.54) is 0 Å². The summed E-state index contributed by atoms with van der Waals surface area (Å²) in [5.74, 6) is -2.13. The summed E-state index contributed by atoms with van der Waals surface area (Å²) in [6.45, 7) is 1.72. The molecule has 0 aliphatic carbocycles. The normalized spacial score (nSPS) is 12.1. The number of nitrogens with zero attached hydrogens (tertiary/aromatic N) is 1. The van der Waals surface area contributed by atoms with Crippen LogP contribution < -0.4 is 5.32 Å². The zero-order chi connectivity index (χ0) is 15.4. The van der Waals surface area contributed by atoms with Crippen LogP contribution in [0.15, 0.2) is 28.8 Å². The van der Waals surface area contributed by atoms with E-state index in [0.717, 1.165) is 12.1 Å². The largest absolute Gasteiger partial charge is 0.360 e. The standard InChI is InChI=1S/C13H12F2N2O3S/c1-8-4-10(20-17-8)6-21(19)7-13(18)16-12-3-2-9(14)5-11(12)15/h2-5H,6-7H2,1H3,(H,16,18)/t21-/m1/s1. The molecule has 5 nitrogen and oxygen atoms in total. The smallest absolute Gasteiger partial charge is 0.237 e. The predicted molar refractivity (Wildman–Crippen MR) is 72.9 cm³/mol. The predicted octanol–water partition coefficient (Wildman–Crippen LogP) is 2.15. The third-order valence-corrected chi connectivity index (χ3v) is 3.67. The molecule has 0 aliphatic rings. The molecule has 0 saturated carbocycles. The molecule has 1 heterocycles. The number of benzene rings is 1. The van der Waals surface area contributed by atoms with Crippen LogP contribution in [0.2, 0.25) is 0 Å². The van der Waals surface area contributed by atoms with E-state index >= 15 is 0 Å². The molecule has 1 aromatic heterocycles. The maximum Gasteiger partial charge on any atom is 0.237 e. The van der Waals surface area contributed by atoms with Gasteiger partial charge in [-0.3, -0.25) is 9.00 Å². The molecular formula is C13H12F2N2O3S. The third-order valence-electron chi connectivity index (χ3n) is 2.48. The van der Waals surface area contributed by atoms with Crippen LogP contribution in [-0.2, 0) is 21.3 Å². The number of hydrogen-bond donors (Lipinski definition) is 1. The van der Waals surface area contributed by atoms with Gasteiger partial charge < -0.3 is 9.84 Å². The molecule has 2 rings (SSSR count). The number of aryl methyl sites for hydroxylation is 1. The first-order valence-corrected chi connectivity index (χ1v) is 7.45. The minimum Gasteiger partial charge on any atom is -0.360 e. The lowest BCUT2D eigenvalue weighted by atomic mass is 10.3. The summed E-state index contributed by atoms with van der Waals surface area (Å²) in [7, 11) is -1.51. The van der Waals surface area contributed by atoms with Crippen LogP contribution in [0.1, 0.15) is 11.5 Å². The number of halogens is 2. The highest BCUT2D eigenvalue weighted by atomic mass is 32.2. The number of rotatable bonds is 5. The van der Waals surface area contributed by atoms with Gasteiger partial charge in [-0.15, -0.1) is 0 Å². The minimum atomic E-state index is -1.51. The molecule has 2 aromatic rings. The molecule has 0 unspecified atom stereocenters. The van der Waals surface area contributed by atoms with Crippen molar-refractivity contribution in [1.82, 2.24) is 5.16 Å². The van der Waals surface area contributed by atoms with E-state index in [2.05, 4.69) is 10.5 Å². The zero-order valence-corrected chi connectivity index (χ0v) is 11.9. The Bertz CT molecular complexity index is 688. The van der Waals surface area contributed by atoms with Crippen molar-refractivity contribution in [3.8, 4) is 0 Å². The fourth-order valence-corrected chi connectivity index (χ4v) is 2.54. The first-order chi connectivity index (χ1) is 9.94. The van der Waals surface area contributed by atoms with Crippen LogP contribution in [0.4, 0.5) is 14.5 Å². The molecule has 21 heavy (non-hydrogen) atoms. The second-order valence-corrected chi connectivity index (χ2v) is 5.79. The average Bonchev–Trinajstić information content (AvgIpc) is 2.78. The highest BCUT2D eigenvalue weighted by molar-refractivity contribution is 7.84. The van der Waals surface area contributed by atoms with Gasteiger partial charge in [0.05, 0.1) is 17.1 Å². The van der Waals surface area contributed by atoms with Crippen molar-refractivity contribution in [2.45, 2.75) is 12.7 Å². The van der Waals surface area contributed by atoms with Gasteiger partial charge in [0.15, 0.2) is 0 Å². The summed E-state index contributed by atoms with van der Waals surface area (Å²) < 4.78 is 42.7. The summed E-state index contributed by atoms with van der Waals surface area (Å²) in [6.07, 6.45) is 0. The lowest BCUT2D eigenvalue weighted by Gasteiger charge is -2.05. The van der Waals surface area contributed by atoms with Gasteiger partial charge in [0, 0.05) is 22.9 Å². The van der Waals surface area contributed by atoms with Gasteiger partial charge in [0.1, 0.15) is 23.1 Å². The molecule has 112 valence electrons. The summed E-state index contributed by atoms with van der Waals surface area (Å²) in [4.78, 5) is 11.6. The molecular weight excluding hydrogens is 302 g/mol. The maximum absolute atomic E-state index is 13.3. The fourth-order valence-electron chi connectivity index (χ4n) is 1.62. The van der Waals surface area contributed by atoms with Gasteiger partial charge in [-0.1, -0.05) is 5.16 Å². The monoisotopic (exact) mass is 314 g/mol. The Balaban J connectivity index is 1.90. The Hall–Kier alpha value is -2.09. The molecule has 1 aromatic carbocycles. The quantitative estimate of drug-likeness (QED) is 0.918. The number of nitrogens with one attached hydrogen (secondary N) is 1. The number of amides is 1. The van der Waals surface area contributed by atoms with Crippen molar-refractivity contribution in [2.24, 2.45) is 0 Å². The van der Waals surface area contributed by atoms with Gasteiger partial charge in [-0.2, -0.15) is 0 Å². The third kappa shape index (κ3) is 4.45. The van der Waals surface area contributed by atoms with E-state index in [-0.39, 0.29) is 17.2 Å². The molecule has 0 aliphatic heterocycles. The van der Waals surface area contributed by atoms with Gasteiger partial charge in [0.25, 0.3) is 0 Å². The van der Waals surface area contributed by atoms with Crippen molar-refractivity contribution in [2.75, 3.05) is 11.1 Å². The Morgan fingerprint density at radius 3 is 2.76 bits per heavy atom. The van der Waals surface area contributed by atoms with Crippen molar-refractivity contribution >= 4 is 22.4 Å². The van der Waals surface area contributed by atoms with E-state index in [1.54, 1.807) is 13.0 Å². The molecule has 1 atom stereocenters. The second kappa shape index (κ2) is 6.57. The summed E-state index contributed by atoms with van der Waals surface area (Å²) >= 11 is 0. The zero-order valence-electron chi connectivity index (χ0n) is 11.1. The van der Waals surface area contributed by atoms with E-state index < -0.39 is 28.3 Å². The van der Waals surface area contributed by atoms with Gasteiger partial charge in [-0.25, -0.2) is 8.78 Å². The van der Waals surface area contributed by atoms with Crippen LogP contribution in [0, 0.1) is 18.6 Å². The van der Waals surface area contributed by atoms with Crippen LogP contribution in [-0.4, -0.2) is 21.0 Å². The van der Waals surface area contributed by atoms with E-state index in [0.29, 0.717) is 17.5 Å². The summed E-state index contributed by atoms with van der Waals surface area (Å²) in [5.41, 5.74) is 0.494. The van der Waals surface area contributed by atoms with Crippen LogP contribution in [0.5, 0.6) is 0 Å². The number of anilines is 1. The molecule has 0 bridgehead atoms. The minimum absolute atomic E-state index is 0.0418. The van der Waals surface area contributed by atoms with E-state index in [1.807, 2.05) is 0 Å². The highest BCUT2D eigenvalue weighted by Crippen LogP contribution is 2.15.